The molecule has 0 heterocycles. The molecule has 1 aromatic rings. The van der Waals surface area contributed by atoms with E-state index in [0.29, 0.717) is 12.6 Å². The first-order valence-electron chi connectivity index (χ1n) is 6.70. The molecule has 0 saturated heterocycles. The van der Waals surface area contributed by atoms with Crippen molar-refractivity contribution in [1.29, 1.82) is 0 Å². The number of benzene rings is 1. The van der Waals surface area contributed by atoms with E-state index < -0.39 is 0 Å². The zero-order chi connectivity index (χ0) is 13.0. The average Bonchev–Trinajstić information content (AvgIpc) is 2.73. The third-order valence-corrected chi connectivity index (χ3v) is 3.66. The van der Waals surface area contributed by atoms with Gasteiger partial charge in [-0.25, -0.2) is 0 Å². The highest BCUT2D eigenvalue weighted by atomic mass is 16.5. The summed E-state index contributed by atoms with van der Waals surface area (Å²) in [7, 11) is 1.71. The number of hydrogen-bond acceptors (Lipinski definition) is 3. The molecule has 0 aromatic heterocycles. The highest BCUT2D eigenvalue weighted by Gasteiger charge is 2.24. The predicted octanol–water partition coefficient (Wildman–Crippen LogP) is 1.97. The Labute approximate surface area is 109 Å². The predicted molar refractivity (Wildman–Crippen MR) is 72.7 cm³/mol. The second-order valence-corrected chi connectivity index (χ2v) is 5.12. The number of aliphatic hydroxyl groups is 1. The Kier molecular flexibility index (Phi) is 4.75. The van der Waals surface area contributed by atoms with Gasteiger partial charge in [-0.05, 0) is 37.3 Å². The Hall–Kier alpha value is -0.900. The lowest BCUT2D eigenvalue weighted by atomic mass is 10.0. The number of rotatable bonds is 6. The van der Waals surface area contributed by atoms with Crippen LogP contribution in [0.15, 0.2) is 18.2 Å². The summed E-state index contributed by atoms with van der Waals surface area (Å²) in [5.74, 6) is 0. The summed E-state index contributed by atoms with van der Waals surface area (Å²) in [6, 6.07) is 7.34. The van der Waals surface area contributed by atoms with Crippen molar-refractivity contribution in [2.45, 2.75) is 38.3 Å². The molecule has 2 atom stereocenters. The third-order valence-electron chi connectivity index (χ3n) is 3.66. The van der Waals surface area contributed by atoms with Crippen LogP contribution in [0.3, 0.4) is 0 Å². The molecule has 2 N–H and O–H groups in total. The van der Waals surface area contributed by atoms with Crippen molar-refractivity contribution in [3.05, 3.63) is 34.9 Å². The first-order chi connectivity index (χ1) is 8.74. The topological polar surface area (TPSA) is 41.5 Å². The van der Waals surface area contributed by atoms with E-state index in [2.05, 4.69) is 30.4 Å². The lowest BCUT2D eigenvalue weighted by Gasteiger charge is -2.22. The summed E-state index contributed by atoms with van der Waals surface area (Å²) in [5.41, 5.74) is 4.19. The van der Waals surface area contributed by atoms with Crippen molar-refractivity contribution in [2.75, 3.05) is 20.3 Å². The zero-order valence-corrected chi connectivity index (χ0v) is 11.3. The zero-order valence-electron chi connectivity index (χ0n) is 11.3. The number of fused-ring (bicyclic) bond motifs is 1. The standard InChI is InChI=1S/C15H23NO2/c1-11-3-4-12-5-6-15(14(12)9-11)16-13(7-8-17)10-18-2/h3-4,9,13,15-17H,5-8,10H2,1-2H3. The molecule has 3 heteroatoms. The van der Waals surface area contributed by atoms with Crippen LogP contribution in [0.25, 0.3) is 0 Å². The van der Waals surface area contributed by atoms with Gasteiger partial charge in [-0.2, -0.15) is 0 Å². The van der Waals surface area contributed by atoms with Crippen molar-refractivity contribution >= 4 is 0 Å². The van der Waals surface area contributed by atoms with E-state index in [0.717, 1.165) is 19.3 Å². The number of ether oxygens (including phenoxy) is 1. The van der Waals surface area contributed by atoms with E-state index in [1.54, 1.807) is 7.11 Å². The number of aliphatic hydroxyl groups excluding tert-OH is 1. The van der Waals surface area contributed by atoms with Gasteiger partial charge in [0.1, 0.15) is 0 Å². The molecule has 1 aliphatic rings. The maximum Gasteiger partial charge on any atom is 0.0616 e. The molecule has 1 aliphatic carbocycles. The quantitative estimate of drug-likeness (QED) is 0.810. The first-order valence-corrected chi connectivity index (χ1v) is 6.70. The molecule has 0 amide bonds. The van der Waals surface area contributed by atoms with Crippen LogP contribution in [0.1, 0.15) is 35.6 Å². The fraction of sp³-hybridized carbons (Fsp3) is 0.600. The van der Waals surface area contributed by atoms with Gasteiger partial charge < -0.3 is 15.2 Å². The number of aryl methyl sites for hydroxylation is 2. The Bertz CT molecular complexity index is 386. The molecule has 1 aromatic carbocycles. The minimum Gasteiger partial charge on any atom is -0.396 e. The maximum absolute atomic E-state index is 9.08. The molecular formula is C15H23NO2. The SMILES string of the molecule is COCC(CCO)NC1CCc2ccc(C)cc21. The third kappa shape index (κ3) is 3.10. The summed E-state index contributed by atoms with van der Waals surface area (Å²) in [6.45, 7) is 2.99. The van der Waals surface area contributed by atoms with Gasteiger partial charge in [0.15, 0.2) is 0 Å². The number of nitrogens with one attached hydrogen (secondary N) is 1. The smallest absolute Gasteiger partial charge is 0.0616 e. The van der Waals surface area contributed by atoms with Crippen LogP contribution in [0.5, 0.6) is 0 Å². The molecule has 100 valence electrons. The summed E-state index contributed by atoms with van der Waals surface area (Å²) in [6.07, 6.45) is 3.03. The lowest BCUT2D eigenvalue weighted by molar-refractivity contribution is 0.142. The second-order valence-electron chi connectivity index (χ2n) is 5.12. The van der Waals surface area contributed by atoms with Crippen LogP contribution in [0.2, 0.25) is 0 Å². The maximum atomic E-state index is 9.08. The minimum atomic E-state index is 0.203. The summed E-state index contributed by atoms with van der Waals surface area (Å²) >= 11 is 0. The molecule has 0 aliphatic heterocycles. The van der Waals surface area contributed by atoms with Gasteiger partial charge in [0.2, 0.25) is 0 Å². The molecule has 18 heavy (non-hydrogen) atoms. The van der Waals surface area contributed by atoms with Crippen molar-refractivity contribution < 1.29 is 9.84 Å². The number of hydrogen-bond donors (Lipinski definition) is 2. The molecule has 2 unspecified atom stereocenters. The Morgan fingerprint density at radius 2 is 2.33 bits per heavy atom. The van der Waals surface area contributed by atoms with Crippen molar-refractivity contribution in [3.63, 3.8) is 0 Å². The van der Waals surface area contributed by atoms with E-state index in [-0.39, 0.29) is 12.6 Å². The van der Waals surface area contributed by atoms with Crippen LogP contribution in [-0.4, -0.2) is 31.5 Å². The molecule has 3 nitrogen and oxygen atoms in total. The van der Waals surface area contributed by atoms with Gasteiger partial charge in [-0.15, -0.1) is 0 Å². The molecule has 0 radical (unpaired) electrons. The molecule has 0 spiro atoms. The van der Waals surface area contributed by atoms with Gasteiger partial charge in [0, 0.05) is 25.8 Å². The van der Waals surface area contributed by atoms with Crippen LogP contribution < -0.4 is 5.32 Å². The summed E-state index contributed by atoms with van der Waals surface area (Å²) < 4.78 is 5.20. The Balaban J connectivity index is 2.05. The summed E-state index contributed by atoms with van der Waals surface area (Å²) in [4.78, 5) is 0. The van der Waals surface area contributed by atoms with Gasteiger partial charge >= 0.3 is 0 Å². The monoisotopic (exact) mass is 249 g/mol. The molecule has 0 saturated carbocycles. The van der Waals surface area contributed by atoms with Gasteiger partial charge in [-0.3, -0.25) is 0 Å². The molecule has 0 bridgehead atoms. The lowest BCUT2D eigenvalue weighted by Crippen LogP contribution is -2.36. The van der Waals surface area contributed by atoms with E-state index >= 15 is 0 Å². The second kappa shape index (κ2) is 6.32. The van der Waals surface area contributed by atoms with Gasteiger partial charge in [-0.1, -0.05) is 23.8 Å². The molecule has 2 rings (SSSR count). The van der Waals surface area contributed by atoms with Crippen molar-refractivity contribution in [3.8, 4) is 0 Å². The van der Waals surface area contributed by atoms with E-state index in [1.807, 2.05) is 0 Å². The van der Waals surface area contributed by atoms with Crippen LogP contribution in [0.4, 0.5) is 0 Å². The van der Waals surface area contributed by atoms with E-state index in [9.17, 15) is 0 Å². The fourth-order valence-corrected chi connectivity index (χ4v) is 2.75. The fourth-order valence-electron chi connectivity index (χ4n) is 2.75. The Morgan fingerprint density at radius 1 is 1.50 bits per heavy atom. The Morgan fingerprint density at radius 3 is 3.06 bits per heavy atom. The number of methoxy groups -OCH3 is 1. The van der Waals surface area contributed by atoms with Crippen molar-refractivity contribution in [1.82, 2.24) is 5.32 Å². The molecular weight excluding hydrogens is 226 g/mol. The van der Waals surface area contributed by atoms with Crippen LogP contribution >= 0.6 is 0 Å². The highest BCUT2D eigenvalue weighted by Crippen LogP contribution is 2.32. The first kappa shape index (κ1) is 13.5. The minimum absolute atomic E-state index is 0.203. The normalized spacial score (nSPS) is 19.8. The van der Waals surface area contributed by atoms with E-state index in [1.165, 1.54) is 16.7 Å². The van der Waals surface area contributed by atoms with Crippen LogP contribution in [0, 0.1) is 6.92 Å². The van der Waals surface area contributed by atoms with Crippen molar-refractivity contribution in [2.24, 2.45) is 0 Å². The highest BCUT2D eigenvalue weighted by molar-refractivity contribution is 5.37. The van der Waals surface area contributed by atoms with Gasteiger partial charge in [0.05, 0.1) is 6.61 Å². The van der Waals surface area contributed by atoms with E-state index in [4.69, 9.17) is 9.84 Å². The molecule has 0 fully saturated rings. The summed E-state index contributed by atoms with van der Waals surface area (Å²) in [5, 5.41) is 12.7. The van der Waals surface area contributed by atoms with Gasteiger partial charge in [0.25, 0.3) is 0 Å². The average molecular weight is 249 g/mol. The largest absolute Gasteiger partial charge is 0.396 e. The van der Waals surface area contributed by atoms with Crippen LogP contribution in [-0.2, 0) is 11.2 Å².